The molecule has 204 valence electrons. The maximum atomic E-state index is 5.44. The third-order valence-corrected chi connectivity index (χ3v) is 10.7. The van der Waals surface area contributed by atoms with Crippen molar-refractivity contribution in [3.8, 4) is 0 Å². The van der Waals surface area contributed by atoms with Crippen LogP contribution in [0.25, 0.3) is 0 Å². The van der Waals surface area contributed by atoms with Crippen LogP contribution >= 0.6 is 20.2 Å². The van der Waals surface area contributed by atoms with E-state index in [4.69, 9.17) is 29.8 Å². The van der Waals surface area contributed by atoms with E-state index in [1.807, 2.05) is 12.4 Å². The van der Waals surface area contributed by atoms with Crippen LogP contribution in [0.3, 0.4) is 0 Å². The molecule has 0 fully saturated rings. The van der Waals surface area contributed by atoms with Gasteiger partial charge in [0, 0.05) is 6.21 Å². The fraction of sp³-hybridized carbons (Fsp3) is 0.0909. The molecule has 0 saturated carbocycles. The molecule has 0 atom stereocenters. The van der Waals surface area contributed by atoms with Gasteiger partial charge in [0.15, 0.2) is 0 Å². The van der Waals surface area contributed by atoms with Gasteiger partial charge in [-0.05, 0) is 59.6 Å². The van der Waals surface area contributed by atoms with E-state index in [-0.39, 0.29) is 13.1 Å². The van der Waals surface area contributed by atoms with E-state index < -0.39 is 8.24 Å². The van der Waals surface area contributed by atoms with Crippen molar-refractivity contribution < 1.29 is 13.1 Å². The molecule has 5 aromatic rings. The summed E-state index contributed by atoms with van der Waals surface area (Å²) in [6, 6.07) is 40.6. The zero-order valence-corrected chi connectivity index (χ0v) is 26.2. The van der Waals surface area contributed by atoms with Crippen LogP contribution in [0.4, 0.5) is 5.69 Å². The quantitative estimate of drug-likeness (QED) is 0.114. The van der Waals surface area contributed by atoms with Gasteiger partial charge in [0.25, 0.3) is 8.24 Å². The molecule has 40 heavy (non-hydrogen) atoms. The van der Waals surface area contributed by atoms with Gasteiger partial charge in [0.1, 0.15) is 0 Å². The standard InChI is InChI=1S/C33H31N3Si.2ClH.Fe/c1-25-21-26(2)33(27(3)22-25)34-23-28-19-20-29(36-28)24-35-37(30-13-7-4-8-14-30,31-15-9-5-10-16-31)32-17-11-6-12-18-32;;;/h4-24,36H,1-3H3;2*1H;/q;;;+2/p-2/b34-23?,35-24+;;;. The third-order valence-electron chi connectivity index (χ3n) is 6.67. The zero-order valence-electron chi connectivity index (χ0n) is 22.6. The van der Waals surface area contributed by atoms with Gasteiger partial charge in [-0.1, -0.05) is 109 Å². The van der Waals surface area contributed by atoms with Crippen molar-refractivity contribution in [2.24, 2.45) is 9.65 Å². The molecule has 4 aromatic carbocycles. The van der Waals surface area contributed by atoms with Crippen LogP contribution in [0, 0.1) is 20.8 Å². The molecule has 1 N–H and O–H groups in total. The average Bonchev–Trinajstić information content (AvgIpc) is 3.43. The number of halogens is 2. The van der Waals surface area contributed by atoms with E-state index >= 15 is 0 Å². The molecule has 1 heterocycles. The summed E-state index contributed by atoms with van der Waals surface area (Å²) in [5.74, 6) is 0. The summed E-state index contributed by atoms with van der Waals surface area (Å²) < 4.78 is 5.44. The first kappa shape index (κ1) is 29.8. The summed E-state index contributed by atoms with van der Waals surface area (Å²) in [5.41, 5.74) is 6.57. The summed E-state index contributed by atoms with van der Waals surface area (Å²) in [5, 5.41) is 3.76. The molecule has 0 aliphatic heterocycles. The number of aryl methyl sites for hydroxylation is 3. The maximum absolute atomic E-state index is 5.44. The molecule has 0 radical (unpaired) electrons. The first-order valence-corrected chi connectivity index (χ1v) is 17.8. The number of nitrogens with zero attached hydrogens (tertiary/aromatic N) is 2. The van der Waals surface area contributed by atoms with Crippen molar-refractivity contribution in [1.82, 2.24) is 4.98 Å². The number of benzene rings is 4. The fourth-order valence-electron chi connectivity index (χ4n) is 5.02. The van der Waals surface area contributed by atoms with E-state index in [9.17, 15) is 0 Å². The van der Waals surface area contributed by atoms with Gasteiger partial charge in [0.2, 0.25) is 0 Å². The zero-order chi connectivity index (χ0) is 28.4. The van der Waals surface area contributed by atoms with E-state index in [0.717, 1.165) is 17.1 Å². The van der Waals surface area contributed by atoms with Gasteiger partial charge in [-0.2, -0.15) is 0 Å². The minimum absolute atomic E-state index is 0.194. The van der Waals surface area contributed by atoms with Crippen LogP contribution in [0.1, 0.15) is 28.1 Å². The normalized spacial score (nSPS) is 11.6. The minimum atomic E-state index is -2.67. The Balaban J connectivity index is 0.00000118. The topological polar surface area (TPSA) is 40.5 Å². The Bertz CT molecular complexity index is 1450. The summed E-state index contributed by atoms with van der Waals surface area (Å²) in [4.78, 5) is 8.27. The van der Waals surface area contributed by atoms with Crippen molar-refractivity contribution in [2.45, 2.75) is 20.8 Å². The third kappa shape index (κ3) is 7.11. The van der Waals surface area contributed by atoms with Crippen molar-refractivity contribution in [3.05, 3.63) is 143 Å². The van der Waals surface area contributed by atoms with E-state index in [1.54, 1.807) is 0 Å². The Morgan fingerprint density at radius 2 is 1.02 bits per heavy atom. The van der Waals surface area contributed by atoms with Crippen molar-refractivity contribution in [2.75, 3.05) is 0 Å². The Morgan fingerprint density at radius 1 is 0.625 bits per heavy atom. The number of H-pyrrole nitrogens is 1. The molecule has 0 bridgehead atoms. The molecule has 3 nitrogen and oxygen atoms in total. The summed E-state index contributed by atoms with van der Waals surface area (Å²) >= 11 is 0.194. The van der Waals surface area contributed by atoms with Crippen LogP contribution in [0.2, 0.25) is 0 Å². The summed E-state index contributed by atoms with van der Waals surface area (Å²) in [6.07, 6.45) is 3.90. The molecular weight excluding hydrogens is 593 g/mol. The molecule has 0 amide bonds. The second kappa shape index (κ2) is 14.4. The average molecular weight is 624 g/mol. The van der Waals surface area contributed by atoms with Crippen LogP contribution < -0.4 is 15.6 Å². The van der Waals surface area contributed by atoms with Crippen LogP contribution in [0.5, 0.6) is 0 Å². The van der Waals surface area contributed by atoms with Crippen LogP contribution in [-0.4, -0.2) is 25.6 Å². The number of hydrogen-bond acceptors (Lipinski definition) is 2. The molecule has 0 saturated heterocycles. The van der Waals surface area contributed by atoms with Crippen molar-refractivity contribution in [1.29, 1.82) is 0 Å². The second-order valence-electron chi connectivity index (χ2n) is 9.49. The monoisotopic (exact) mass is 623 g/mol. The molecule has 1 aromatic heterocycles. The number of hydrogen-bond donors (Lipinski definition) is 1. The van der Waals surface area contributed by atoms with Gasteiger partial charge >= 0.3 is 33.3 Å². The molecular formula is C33H31Cl2FeN3Si. The Morgan fingerprint density at radius 3 is 1.45 bits per heavy atom. The SMILES string of the molecule is Cc1cc(C)c(N=Cc2ccc(/C=N/[Si](c3ccccc3)(c3ccccc3)c3ccccc3)[nH]2)c(C)c1.[Cl][Fe][Cl]. The van der Waals surface area contributed by atoms with E-state index in [0.29, 0.717) is 0 Å². The molecule has 0 spiro atoms. The Kier molecular flexibility index (Phi) is 10.8. The summed E-state index contributed by atoms with van der Waals surface area (Å²) in [7, 11) is 6.85. The van der Waals surface area contributed by atoms with Gasteiger partial charge < -0.3 is 9.64 Å². The Labute approximate surface area is 252 Å². The molecule has 0 aliphatic carbocycles. The molecule has 0 aliphatic rings. The van der Waals surface area contributed by atoms with Crippen LogP contribution in [0.15, 0.2) is 125 Å². The predicted octanol–water partition coefficient (Wildman–Crippen LogP) is 7.15. The number of nitrogens with one attached hydrogen (secondary N) is 1. The van der Waals surface area contributed by atoms with Crippen molar-refractivity contribution >= 4 is 62.1 Å². The van der Waals surface area contributed by atoms with Crippen molar-refractivity contribution in [3.63, 3.8) is 0 Å². The fourth-order valence-corrected chi connectivity index (χ4v) is 8.82. The van der Waals surface area contributed by atoms with Gasteiger partial charge in [-0.25, -0.2) is 0 Å². The first-order valence-electron chi connectivity index (χ1n) is 12.9. The second-order valence-corrected chi connectivity index (χ2v) is 14.7. The molecule has 0 unspecified atom stereocenters. The predicted molar refractivity (Wildman–Crippen MR) is 172 cm³/mol. The number of aromatic amines is 1. The first-order chi connectivity index (χ1) is 19.5. The number of aromatic nitrogens is 1. The van der Waals surface area contributed by atoms with Gasteiger partial charge in [-0.15, -0.1) is 0 Å². The van der Waals surface area contributed by atoms with Gasteiger partial charge in [-0.3, -0.25) is 4.99 Å². The molecule has 5 rings (SSSR count). The van der Waals surface area contributed by atoms with E-state index in [2.05, 4.69) is 141 Å². The van der Waals surface area contributed by atoms with Crippen LogP contribution in [-0.2, 0) is 13.1 Å². The summed E-state index contributed by atoms with van der Waals surface area (Å²) in [6.45, 7) is 6.34. The number of rotatable bonds is 7. The molecule has 7 heteroatoms. The van der Waals surface area contributed by atoms with E-state index in [1.165, 1.54) is 32.3 Å². The Hall–Kier alpha value is -3.18. The number of aliphatic imine (C=N–C) groups is 1. The van der Waals surface area contributed by atoms with Gasteiger partial charge in [0.05, 0.1) is 23.3 Å².